The van der Waals surface area contributed by atoms with Crippen molar-refractivity contribution in [3.63, 3.8) is 0 Å². The van der Waals surface area contributed by atoms with Crippen LogP contribution in [0.25, 0.3) is 11.1 Å². The Morgan fingerprint density at radius 2 is 1.85 bits per heavy atom. The molecule has 0 bridgehead atoms. The molecule has 9 heteroatoms. The number of hydrogen-bond acceptors (Lipinski definition) is 5. The van der Waals surface area contributed by atoms with Crippen molar-refractivity contribution in [2.45, 2.75) is 43.9 Å². The summed E-state index contributed by atoms with van der Waals surface area (Å²) in [4.78, 5) is 37.6. The van der Waals surface area contributed by atoms with Gasteiger partial charge in [-0.15, -0.1) is 0 Å². The fraction of sp³-hybridized carbons (Fsp3) is 0.375. The lowest BCUT2D eigenvalue weighted by atomic mass is 9.97. The number of carboxylic acids is 1. The van der Waals surface area contributed by atoms with Crippen molar-refractivity contribution in [3.05, 3.63) is 59.1 Å². The van der Waals surface area contributed by atoms with E-state index >= 15 is 0 Å². The van der Waals surface area contributed by atoms with E-state index < -0.39 is 36.0 Å². The zero-order chi connectivity index (χ0) is 24.0. The minimum atomic E-state index is -1.69. The molecule has 3 rings (SSSR count). The topological polar surface area (TPSA) is 127 Å². The summed E-state index contributed by atoms with van der Waals surface area (Å²) >= 11 is 6.05. The van der Waals surface area contributed by atoms with E-state index in [0.717, 1.165) is 16.7 Å². The van der Waals surface area contributed by atoms with Crippen LogP contribution >= 0.6 is 11.6 Å². The Hall–Kier alpha value is -2.94. The van der Waals surface area contributed by atoms with E-state index in [2.05, 4.69) is 5.32 Å². The minimum absolute atomic E-state index is 0.223. The van der Waals surface area contributed by atoms with Gasteiger partial charge in [-0.1, -0.05) is 48.0 Å². The zero-order valence-corrected chi connectivity index (χ0v) is 18.7. The number of carboxylic acid groups (broad SMARTS) is 1. The summed E-state index contributed by atoms with van der Waals surface area (Å²) in [5.41, 5.74) is 2.67. The summed E-state index contributed by atoms with van der Waals surface area (Å²) in [6.07, 6.45) is -0.399. The Bertz CT molecular complexity index is 997. The molecule has 8 nitrogen and oxygen atoms in total. The predicted molar refractivity (Wildman–Crippen MR) is 123 cm³/mol. The number of aliphatic carboxylic acids is 1. The second kappa shape index (κ2) is 11.3. The van der Waals surface area contributed by atoms with Crippen LogP contribution in [-0.2, 0) is 20.8 Å². The number of nitrogens with one attached hydrogen (secondary N) is 1. The summed E-state index contributed by atoms with van der Waals surface area (Å²) in [6, 6.07) is 13.7. The first-order chi connectivity index (χ1) is 15.8. The van der Waals surface area contributed by atoms with Crippen LogP contribution in [0.1, 0.15) is 24.8 Å². The first-order valence-electron chi connectivity index (χ1n) is 10.8. The zero-order valence-electron chi connectivity index (χ0n) is 18.0. The largest absolute Gasteiger partial charge is 0.479 e. The molecule has 1 heterocycles. The number of carbonyl (C=O) groups is 3. The van der Waals surface area contributed by atoms with Gasteiger partial charge in [0.1, 0.15) is 0 Å². The lowest BCUT2D eigenvalue weighted by molar-refractivity contribution is -0.149. The quantitative estimate of drug-likeness (QED) is 0.432. The fourth-order valence-electron chi connectivity index (χ4n) is 4.02. The molecule has 0 spiro atoms. The maximum atomic E-state index is 12.6. The molecule has 1 saturated heterocycles. The molecule has 1 aliphatic rings. The van der Waals surface area contributed by atoms with Gasteiger partial charge in [0.25, 0.3) is 0 Å². The number of carbonyl (C=O) groups excluding carboxylic acids is 2. The number of likely N-dealkylation sites (tertiary alicyclic amines) is 1. The van der Waals surface area contributed by atoms with Crippen LogP contribution in [-0.4, -0.2) is 69.3 Å². The van der Waals surface area contributed by atoms with Crippen molar-refractivity contribution in [3.8, 4) is 11.1 Å². The summed E-state index contributed by atoms with van der Waals surface area (Å²) in [6.45, 7) is 0.157. The third kappa shape index (κ3) is 6.54. The summed E-state index contributed by atoms with van der Waals surface area (Å²) in [5, 5.41) is 31.5. The van der Waals surface area contributed by atoms with E-state index in [0.29, 0.717) is 24.4 Å². The van der Waals surface area contributed by atoms with Gasteiger partial charge in [0.2, 0.25) is 0 Å². The van der Waals surface area contributed by atoms with Gasteiger partial charge in [0.05, 0.1) is 12.6 Å². The second-order valence-corrected chi connectivity index (χ2v) is 8.59. The monoisotopic (exact) mass is 474 g/mol. The van der Waals surface area contributed by atoms with Crippen LogP contribution in [0.2, 0.25) is 5.02 Å². The smallest absolute Gasteiger partial charge is 0.332 e. The van der Waals surface area contributed by atoms with Crippen molar-refractivity contribution >= 4 is 29.4 Å². The predicted octanol–water partition coefficient (Wildman–Crippen LogP) is 1.85. The lowest BCUT2D eigenvalue weighted by Crippen LogP contribution is -2.50. The van der Waals surface area contributed by atoms with Gasteiger partial charge in [-0.2, -0.15) is 0 Å². The Morgan fingerprint density at radius 1 is 1.12 bits per heavy atom. The van der Waals surface area contributed by atoms with E-state index in [1.54, 1.807) is 6.07 Å². The molecule has 0 aliphatic carbocycles. The molecule has 0 radical (unpaired) electrons. The van der Waals surface area contributed by atoms with Gasteiger partial charge in [0, 0.05) is 24.0 Å². The molecular weight excluding hydrogens is 448 g/mol. The van der Waals surface area contributed by atoms with Crippen LogP contribution in [0.4, 0.5) is 0 Å². The van der Waals surface area contributed by atoms with Crippen LogP contribution in [0.3, 0.4) is 0 Å². The molecule has 1 aliphatic heterocycles. The maximum absolute atomic E-state index is 12.6. The number of nitrogens with zero attached hydrogens (tertiary/aromatic N) is 1. The summed E-state index contributed by atoms with van der Waals surface area (Å²) < 4.78 is 0. The molecule has 0 aromatic heterocycles. The highest BCUT2D eigenvalue weighted by Crippen LogP contribution is 2.23. The van der Waals surface area contributed by atoms with E-state index in [1.807, 2.05) is 42.5 Å². The minimum Gasteiger partial charge on any atom is -0.479 e. The van der Waals surface area contributed by atoms with Crippen molar-refractivity contribution in [2.24, 2.45) is 0 Å². The average molecular weight is 475 g/mol. The Labute approximate surface area is 196 Å². The van der Waals surface area contributed by atoms with Crippen LogP contribution in [0.5, 0.6) is 0 Å². The van der Waals surface area contributed by atoms with E-state index in [1.165, 1.54) is 4.90 Å². The van der Waals surface area contributed by atoms with Crippen molar-refractivity contribution < 1.29 is 29.7 Å². The van der Waals surface area contributed by atoms with E-state index in [4.69, 9.17) is 16.7 Å². The third-order valence-electron chi connectivity index (χ3n) is 5.77. The summed E-state index contributed by atoms with van der Waals surface area (Å²) in [7, 11) is 0. The lowest BCUT2D eigenvalue weighted by Gasteiger charge is -2.25. The average Bonchev–Trinajstić information content (AvgIpc) is 3.27. The van der Waals surface area contributed by atoms with E-state index in [9.17, 15) is 24.6 Å². The highest BCUT2D eigenvalue weighted by molar-refractivity contribution is 6.35. The molecule has 3 atom stereocenters. The third-order valence-corrected chi connectivity index (χ3v) is 6.00. The number of hydrogen-bond donors (Lipinski definition) is 4. The molecule has 1 fully saturated rings. The summed E-state index contributed by atoms with van der Waals surface area (Å²) in [5.74, 6) is -3.05. The highest BCUT2D eigenvalue weighted by atomic mass is 35.5. The maximum Gasteiger partial charge on any atom is 0.332 e. The number of rotatable bonds is 8. The van der Waals surface area contributed by atoms with Gasteiger partial charge in [-0.25, -0.2) is 4.79 Å². The van der Waals surface area contributed by atoms with E-state index in [-0.39, 0.29) is 19.4 Å². The number of halogens is 1. The fourth-order valence-corrected chi connectivity index (χ4v) is 4.21. The number of aliphatic hydroxyl groups excluding tert-OH is 2. The SMILES string of the molecule is O=C(N[C@H](Cc1ccc(-c2cccc(Cl)c2)cc1)C[C@@H](O)C(=O)O)C(=O)N1CCC[C@@H]1CO. The van der Waals surface area contributed by atoms with Crippen molar-refractivity contribution in [2.75, 3.05) is 13.2 Å². The van der Waals surface area contributed by atoms with Gasteiger partial charge in [0.15, 0.2) is 6.10 Å². The second-order valence-electron chi connectivity index (χ2n) is 8.15. The molecule has 0 saturated carbocycles. The van der Waals surface area contributed by atoms with Gasteiger partial charge < -0.3 is 25.5 Å². The Kier molecular flexibility index (Phi) is 8.43. The molecule has 4 N–H and O–H groups in total. The van der Waals surface area contributed by atoms with Crippen LogP contribution < -0.4 is 5.32 Å². The molecule has 33 heavy (non-hydrogen) atoms. The standard InChI is InChI=1S/C24H27ClN2O6/c25-18-4-1-3-17(12-18)16-8-6-15(7-9-16)11-19(13-21(29)24(32)33)26-22(30)23(31)27-10-2-5-20(27)14-28/h1,3-4,6-9,12,19-21,28-29H,2,5,10-11,13-14H2,(H,26,30)(H,32,33)/t19-,20-,21-/m1/s1. The molecule has 2 aromatic carbocycles. The van der Waals surface area contributed by atoms with Crippen LogP contribution in [0.15, 0.2) is 48.5 Å². The molecular formula is C24H27ClN2O6. The molecule has 0 unspecified atom stereocenters. The number of benzene rings is 2. The van der Waals surface area contributed by atoms with Crippen molar-refractivity contribution in [1.29, 1.82) is 0 Å². The number of aliphatic hydroxyl groups is 2. The normalized spacial score (nSPS) is 17.4. The van der Waals surface area contributed by atoms with Gasteiger partial charge in [-0.3, -0.25) is 9.59 Å². The van der Waals surface area contributed by atoms with Gasteiger partial charge in [-0.05, 0) is 48.1 Å². The molecule has 2 amide bonds. The first-order valence-corrected chi connectivity index (χ1v) is 11.1. The first kappa shape index (κ1) is 24.7. The number of amides is 2. The molecule has 2 aromatic rings. The van der Waals surface area contributed by atoms with Gasteiger partial charge >= 0.3 is 17.8 Å². The highest BCUT2D eigenvalue weighted by Gasteiger charge is 2.33. The Balaban J connectivity index is 1.71. The Morgan fingerprint density at radius 3 is 2.48 bits per heavy atom. The van der Waals surface area contributed by atoms with Crippen molar-refractivity contribution in [1.82, 2.24) is 10.2 Å². The van der Waals surface area contributed by atoms with Crippen LogP contribution in [0, 0.1) is 0 Å². The molecule has 176 valence electrons.